The zero-order valence-electron chi connectivity index (χ0n) is 10.9. The van der Waals surface area contributed by atoms with Gasteiger partial charge in [0, 0.05) is 4.47 Å². The Hall–Kier alpha value is -2.41. The van der Waals surface area contributed by atoms with Crippen LogP contribution in [0.1, 0.15) is 10.4 Å². The Balaban J connectivity index is 2.31. The molecule has 0 spiro atoms. The molecular formula is C14H10BrNO5. The van der Waals surface area contributed by atoms with Crippen molar-refractivity contribution in [2.45, 2.75) is 0 Å². The van der Waals surface area contributed by atoms with Crippen molar-refractivity contribution < 1.29 is 19.2 Å². The van der Waals surface area contributed by atoms with Gasteiger partial charge in [0.15, 0.2) is 0 Å². The average Bonchev–Trinajstić information content (AvgIpc) is 2.47. The van der Waals surface area contributed by atoms with Crippen molar-refractivity contribution in [1.82, 2.24) is 0 Å². The summed E-state index contributed by atoms with van der Waals surface area (Å²) in [6, 6.07) is 10.6. The Labute approximate surface area is 128 Å². The number of rotatable bonds is 4. The van der Waals surface area contributed by atoms with Gasteiger partial charge in [-0.05, 0) is 30.3 Å². The van der Waals surface area contributed by atoms with Crippen LogP contribution in [0.3, 0.4) is 0 Å². The number of halogens is 1. The summed E-state index contributed by atoms with van der Waals surface area (Å²) in [5.41, 5.74) is -0.0489. The molecule has 0 aliphatic heterocycles. The molecule has 0 unspecified atom stereocenters. The second kappa shape index (κ2) is 6.36. The second-order valence-electron chi connectivity index (χ2n) is 3.99. The molecule has 0 heterocycles. The lowest BCUT2D eigenvalue weighted by molar-refractivity contribution is -0.385. The number of hydrogen-bond acceptors (Lipinski definition) is 5. The highest BCUT2D eigenvalue weighted by atomic mass is 79.9. The zero-order chi connectivity index (χ0) is 15.4. The fraction of sp³-hybridized carbons (Fsp3) is 0.0714. The van der Waals surface area contributed by atoms with E-state index in [0.29, 0.717) is 10.2 Å². The summed E-state index contributed by atoms with van der Waals surface area (Å²) in [5.74, 6) is -0.501. The molecule has 2 rings (SSSR count). The minimum Gasteiger partial charge on any atom is -0.496 e. The molecule has 6 nitrogen and oxygen atoms in total. The van der Waals surface area contributed by atoms with Gasteiger partial charge in [-0.25, -0.2) is 4.79 Å². The van der Waals surface area contributed by atoms with E-state index in [-0.39, 0.29) is 17.0 Å². The van der Waals surface area contributed by atoms with Crippen molar-refractivity contribution >= 4 is 27.6 Å². The van der Waals surface area contributed by atoms with Crippen LogP contribution in [0.15, 0.2) is 46.9 Å². The molecule has 0 saturated heterocycles. The van der Waals surface area contributed by atoms with Crippen molar-refractivity contribution in [3.05, 3.63) is 62.6 Å². The van der Waals surface area contributed by atoms with E-state index in [4.69, 9.17) is 9.47 Å². The number of nitro benzene ring substituents is 1. The summed E-state index contributed by atoms with van der Waals surface area (Å²) in [6.07, 6.45) is 0. The van der Waals surface area contributed by atoms with E-state index >= 15 is 0 Å². The highest BCUT2D eigenvalue weighted by Crippen LogP contribution is 2.31. The molecular weight excluding hydrogens is 342 g/mol. The number of benzene rings is 2. The number of nitrogens with zero attached hydrogens (tertiary/aromatic N) is 1. The molecule has 0 bridgehead atoms. The second-order valence-corrected chi connectivity index (χ2v) is 4.91. The predicted octanol–water partition coefficient (Wildman–Crippen LogP) is 3.59. The van der Waals surface area contributed by atoms with E-state index in [1.165, 1.54) is 25.3 Å². The van der Waals surface area contributed by atoms with Gasteiger partial charge in [0.2, 0.25) is 5.75 Å². The van der Waals surface area contributed by atoms with E-state index in [9.17, 15) is 14.9 Å². The first-order chi connectivity index (χ1) is 10.0. The van der Waals surface area contributed by atoms with Gasteiger partial charge >= 0.3 is 11.7 Å². The molecule has 2 aromatic rings. The summed E-state index contributed by atoms with van der Waals surface area (Å²) < 4.78 is 10.7. The van der Waals surface area contributed by atoms with Gasteiger partial charge in [-0.15, -0.1) is 0 Å². The molecule has 0 aromatic heterocycles. The zero-order valence-corrected chi connectivity index (χ0v) is 12.5. The molecule has 21 heavy (non-hydrogen) atoms. The molecule has 2 aromatic carbocycles. The van der Waals surface area contributed by atoms with Crippen LogP contribution in [0.4, 0.5) is 5.69 Å². The third kappa shape index (κ3) is 3.57. The Morgan fingerprint density at radius 1 is 1.24 bits per heavy atom. The van der Waals surface area contributed by atoms with Crippen molar-refractivity contribution in [3.63, 3.8) is 0 Å². The van der Waals surface area contributed by atoms with E-state index in [1.807, 2.05) is 0 Å². The van der Waals surface area contributed by atoms with Crippen LogP contribution in [-0.4, -0.2) is 18.0 Å². The fourth-order valence-corrected chi connectivity index (χ4v) is 2.03. The number of methoxy groups -OCH3 is 1. The SMILES string of the molecule is COc1ccc(OC(=O)c2cccc(Br)c2)c([N+](=O)[O-])c1. The normalized spacial score (nSPS) is 10.0. The molecule has 108 valence electrons. The Kier molecular flexibility index (Phi) is 4.54. The summed E-state index contributed by atoms with van der Waals surface area (Å²) in [6.45, 7) is 0. The van der Waals surface area contributed by atoms with Crippen LogP contribution in [-0.2, 0) is 0 Å². The monoisotopic (exact) mass is 351 g/mol. The quantitative estimate of drug-likeness (QED) is 0.364. The fourth-order valence-electron chi connectivity index (χ4n) is 1.63. The van der Waals surface area contributed by atoms with Crippen LogP contribution in [0.5, 0.6) is 11.5 Å². The maximum atomic E-state index is 12.0. The maximum Gasteiger partial charge on any atom is 0.343 e. The van der Waals surface area contributed by atoms with Crippen molar-refractivity contribution in [3.8, 4) is 11.5 Å². The van der Waals surface area contributed by atoms with Gasteiger partial charge < -0.3 is 9.47 Å². The number of ether oxygens (including phenoxy) is 2. The van der Waals surface area contributed by atoms with E-state index in [1.54, 1.807) is 24.3 Å². The summed E-state index contributed by atoms with van der Waals surface area (Å²) in [4.78, 5) is 22.4. The van der Waals surface area contributed by atoms with E-state index in [2.05, 4.69) is 15.9 Å². The van der Waals surface area contributed by atoms with E-state index in [0.717, 1.165) is 0 Å². The summed E-state index contributed by atoms with van der Waals surface area (Å²) >= 11 is 3.24. The van der Waals surface area contributed by atoms with Gasteiger partial charge in [-0.3, -0.25) is 10.1 Å². The largest absolute Gasteiger partial charge is 0.496 e. The molecule has 0 aliphatic rings. The van der Waals surface area contributed by atoms with Crippen molar-refractivity contribution in [2.75, 3.05) is 7.11 Å². The maximum absolute atomic E-state index is 12.0. The van der Waals surface area contributed by atoms with Gasteiger partial charge in [0.1, 0.15) is 5.75 Å². The lowest BCUT2D eigenvalue weighted by Crippen LogP contribution is -2.09. The number of hydrogen-bond donors (Lipinski definition) is 0. The molecule has 0 fully saturated rings. The van der Waals surface area contributed by atoms with Gasteiger partial charge in [0.25, 0.3) is 0 Å². The smallest absolute Gasteiger partial charge is 0.343 e. The highest BCUT2D eigenvalue weighted by Gasteiger charge is 2.20. The molecule has 0 atom stereocenters. The number of esters is 1. The molecule has 0 N–H and O–H groups in total. The first kappa shape index (κ1) is 15.0. The molecule has 0 aliphatic carbocycles. The molecule has 7 heteroatoms. The average molecular weight is 352 g/mol. The first-order valence-electron chi connectivity index (χ1n) is 5.81. The molecule has 0 saturated carbocycles. The van der Waals surface area contributed by atoms with Gasteiger partial charge in [0.05, 0.1) is 23.7 Å². The number of carbonyl (C=O) groups excluding carboxylic acids is 1. The minimum absolute atomic E-state index is 0.134. The highest BCUT2D eigenvalue weighted by molar-refractivity contribution is 9.10. The topological polar surface area (TPSA) is 78.7 Å². The minimum atomic E-state index is -0.676. The van der Waals surface area contributed by atoms with Crippen LogP contribution < -0.4 is 9.47 Å². The Bertz CT molecular complexity index is 702. The number of carbonyl (C=O) groups is 1. The predicted molar refractivity (Wildman–Crippen MR) is 78.7 cm³/mol. The Morgan fingerprint density at radius 3 is 2.62 bits per heavy atom. The van der Waals surface area contributed by atoms with Crippen molar-refractivity contribution in [1.29, 1.82) is 0 Å². The van der Waals surface area contributed by atoms with Gasteiger partial charge in [-0.2, -0.15) is 0 Å². The lowest BCUT2D eigenvalue weighted by atomic mass is 10.2. The molecule has 0 amide bonds. The van der Waals surface area contributed by atoms with E-state index < -0.39 is 10.9 Å². The molecule has 0 radical (unpaired) electrons. The van der Waals surface area contributed by atoms with Crippen molar-refractivity contribution in [2.24, 2.45) is 0 Å². The Morgan fingerprint density at radius 2 is 2.00 bits per heavy atom. The third-order valence-corrected chi connectivity index (χ3v) is 3.12. The van der Waals surface area contributed by atoms with Crippen LogP contribution in [0, 0.1) is 10.1 Å². The summed E-state index contributed by atoms with van der Waals surface area (Å²) in [7, 11) is 1.40. The van der Waals surface area contributed by atoms with Crippen LogP contribution in [0.2, 0.25) is 0 Å². The third-order valence-electron chi connectivity index (χ3n) is 2.63. The number of nitro groups is 1. The van der Waals surface area contributed by atoms with Crippen LogP contribution in [0.25, 0.3) is 0 Å². The lowest BCUT2D eigenvalue weighted by Gasteiger charge is -2.07. The standard InChI is InChI=1S/C14H10BrNO5/c1-20-11-5-6-13(12(8-11)16(18)19)21-14(17)9-3-2-4-10(15)7-9/h2-8H,1H3. The van der Waals surface area contributed by atoms with Gasteiger partial charge in [-0.1, -0.05) is 22.0 Å². The summed E-state index contributed by atoms with van der Waals surface area (Å²) in [5, 5.41) is 11.0. The first-order valence-corrected chi connectivity index (χ1v) is 6.60. The van der Waals surface area contributed by atoms with Crippen LogP contribution >= 0.6 is 15.9 Å².